The van der Waals surface area contributed by atoms with Gasteiger partial charge in [0.2, 0.25) is 0 Å². The van der Waals surface area contributed by atoms with Crippen molar-refractivity contribution in [3.8, 4) is 0 Å². The highest BCUT2D eigenvalue weighted by Crippen LogP contribution is 2.31. The summed E-state index contributed by atoms with van der Waals surface area (Å²) in [5, 5.41) is 0. The fourth-order valence-corrected chi connectivity index (χ4v) is 2.29. The molecule has 0 saturated heterocycles. The third-order valence-corrected chi connectivity index (χ3v) is 3.23. The van der Waals surface area contributed by atoms with Gasteiger partial charge in [0.05, 0.1) is 0 Å². The molecule has 0 saturated carbocycles. The Kier molecular flexibility index (Phi) is 4.32. The number of ether oxygens (including phenoxy) is 1. The van der Waals surface area contributed by atoms with Gasteiger partial charge < -0.3 is 4.74 Å². The molecule has 0 amide bonds. The van der Waals surface area contributed by atoms with E-state index in [0.717, 1.165) is 22.3 Å². The van der Waals surface area contributed by atoms with Crippen LogP contribution in [0.5, 0.6) is 0 Å². The lowest BCUT2D eigenvalue weighted by Crippen LogP contribution is -2.07. The van der Waals surface area contributed by atoms with Crippen LogP contribution in [0.1, 0.15) is 28.4 Å². The number of benzene rings is 2. The van der Waals surface area contributed by atoms with Gasteiger partial charge in [0.25, 0.3) is 0 Å². The molecule has 0 spiro atoms. The van der Waals surface area contributed by atoms with Crippen molar-refractivity contribution < 1.29 is 4.74 Å². The highest BCUT2D eigenvalue weighted by molar-refractivity contribution is 5.58. The first kappa shape index (κ1) is 13.3. The number of hydrogen-bond donors (Lipinski definition) is 0. The number of methoxy groups -OCH3 is 1. The van der Waals surface area contributed by atoms with E-state index in [-0.39, 0.29) is 6.10 Å². The van der Waals surface area contributed by atoms with Gasteiger partial charge >= 0.3 is 0 Å². The maximum atomic E-state index is 5.71. The van der Waals surface area contributed by atoms with Crippen molar-refractivity contribution in [3.63, 3.8) is 0 Å². The standard InChI is InChI=1S/C18H18O/c1-4-14-10-6-8-12-16(14)18(19-3)17-13-9-7-11-15(17)5-2/h4-13,18H,1-2H2,3H3. The molecule has 2 rings (SSSR count). The Bertz CT molecular complexity index is 532. The van der Waals surface area contributed by atoms with E-state index in [1.165, 1.54) is 0 Å². The maximum absolute atomic E-state index is 5.71. The van der Waals surface area contributed by atoms with Crippen LogP contribution in [-0.4, -0.2) is 7.11 Å². The average molecular weight is 250 g/mol. The van der Waals surface area contributed by atoms with Crippen LogP contribution in [0.25, 0.3) is 12.2 Å². The zero-order chi connectivity index (χ0) is 13.7. The first-order valence-electron chi connectivity index (χ1n) is 6.27. The highest BCUT2D eigenvalue weighted by Gasteiger charge is 2.17. The van der Waals surface area contributed by atoms with Crippen molar-refractivity contribution in [1.82, 2.24) is 0 Å². The monoisotopic (exact) mass is 250 g/mol. The van der Waals surface area contributed by atoms with Crippen LogP contribution in [0.3, 0.4) is 0 Å². The molecule has 0 fully saturated rings. The number of rotatable bonds is 5. The minimum atomic E-state index is -0.108. The molecule has 0 bridgehead atoms. The molecule has 19 heavy (non-hydrogen) atoms. The minimum Gasteiger partial charge on any atom is -0.372 e. The van der Waals surface area contributed by atoms with Gasteiger partial charge in [-0.3, -0.25) is 0 Å². The molecule has 96 valence electrons. The number of hydrogen-bond acceptors (Lipinski definition) is 1. The van der Waals surface area contributed by atoms with Crippen molar-refractivity contribution in [3.05, 3.63) is 83.9 Å². The Balaban J connectivity index is 2.56. The minimum absolute atomic E-state index is 0.108. The molecular formula is C18H18O. The fraction of sp³-hybridized carbons (Fsp3) is 0.111. The van der Waals surface area contributed by atoms with Crippen LogP contribution < -0.4 is 0 Å². The smallest absolute Gasteiger partial charge is 0.108 e. The topological polar surface area (TPSA) is 9.23 Å². The second-order valence-corrected chi connectivity index (χ2v) is 4.28. The first-order chi connectivity index (χ1) is 9.31. The third kappa shape index (κ3) is 2.67. The highest BCUT2D eigenvalue weighted by atomic mass is 16.5. The molecule has 0 unspecified atom stereocenters. The largest absolute Gasteiger partial charge is 0.372 e. The lowest BCUT2D eigenvalue weighted by atomic mass is 9.93. The van der Waals surface area contributed by atoms with Crippen molar-refractivity contribution in [2.75, 3.05) is 7.11 Å². The zero-order valence-corrected chi connectivity index (χ0v) is 11.2. The van der Waals surface area contributed by atoms with Gasteiger partial charge in [-0.05, 0) is 22.3 Å². The van der Waals surface area contributed by atoms with E-state index in [4.69, 9.17) is 4.74 Å². The fourth-order valence-electron chi connectivity index (χ4n) is 2.29. The van der Waals surface area contributed by atoms with Gasteiger partial charge in [0, 0.05) is 7.11 Å². The predicted molar refractivity (Wildman–Crippen MR) is 81.9 cm³/mol. The Hall–Kier alpha value is -2.12. The lowest BCUT2D eigenvalue weighted by Gasteiger charge is -2.20. The quantitative estimate of drug-likeness (QED) is 0.746. The second-order valence-electron chi connectivity index (χ2n) is 4.28. The van der Waals surface area contributed by atoms with E-state index in [9.17, 15) is 0 Å². The summed E-state index contributed by atoms with van der Waals surface area (Å²) in [5.41, 5.74) is 4.42. The van der Waals surface area contributed by atoms with Crippen LogP contribution in [0.15, 0.2) is 61.7 Å². The van der Waals surface area contributed by atoms with Crippen LogP contribution in [-0.2, 0) is 4.74 Å². The van der Waals surface area contributed by atoms with Crippen molar-refractivity contribution in [2.24, 2.45) is 0 Å². The van der Waals surface area contributed by atoms with E-state index in [0.29, 0.717) is 0 Å². The molecule has 0 radical (unpaired) electrons. The van der Waals surface area contributed by atoms with Gasteiger partial charge in [-0.15, -0.1) is 0 Å². The molecule has 0 atom stereocenters. The van der Waals surface area contributed by atoms with Gasteiger partial charge in [-0.1, -0.05) is 73.8 Å². The summed E-state index contributed by atoms with van der Waals surface area (Å²) in [6.07, 6.45) is 3.61. The van der Waals surface area contributed by atoms with Crippen molar-refractivity contribution >= 4 is 12.2 Å². The third-order valence-electron chi connectivity index (χ3n) is 3.23. The van der Waals surface area contributed by atoms with Crippen LogP contribution in [0.4, 0.5) is 0 Å². The van der Waals surface area contributed by atoms with Gasteiger partial charge in [-0.25, -0.2) is 0 Å². The summed E-state index contributed by atoms with van der Waals surface area (Å²) >= 11 is 0. The lowest BCUT2D eigenvalue weighted by molar-refractivity contribution is 0.136. The molecule has 1 heteroatoms. The molecule has 0 aliphatic rings. The second kappa shape index (κ2) is 6.17. The van der Waals surface area contributed by atoms with E-state index >= 15 is 0 Å². The molecule has 2 aromatic carbocycles. The average Bonchev–Trinajstić information content (AvgIpc) is 2.49. The first-order valence-corrected chi connectivity index (χ1v) is 6.27. The summed E-state index contributed by atoms with van der Waals surface area (Å²) in [4.78, 5) is 0. The summed E-state index contributed by atoms with van der Waals surface area (Å²) in [6, 6.07) is 16.3. The summed E-state index contributed by atoms with van der Waals surface area (Å²) in [6.45, 7) is 7.74. The van der Waals surface area contributed by atoms with E-state index < -0.39 is 0 Å². The van der Waals surface area contributed by atoms with Crippen molar-refractivity contribution in [1.29, 1.82) is 0 Å². The maximum Gasteiger partial charge on any atom is 0.108 e. The summed E-state index contributed by atoms with van der Waals surface area (Å²) in [7, 11) is 1.73. The van der Waals surface area contributed by atoms with E-state index in [2.05, 4.69) is 25.3 Å². The Labute approximate surface area is 114 Å². The molecule has 0 N–H and O–H groups in total. The predicted octanol–water partition coefficient (Wildman–Crippen LogP) is 4.71. The molecule has 0 heterocycles. The van der Waals surface area contributed by atoms with E-state index in [1.807, 2.05) is 48.6 Å². The normalized spacial score (nSPS) is 10.4. The SMILES string of the molecule is C=Cc1ccccc1C(OC)c1ccccc1C=C. The van der Waals surface area contributed by atoms with Crippen LogP contribution >= 0.6 is 0 Å². The molecule has 1 nitrogen and oxygen atoms in total. The zero-order valence-electron chi connectivity index (χ0n) is 11.2. The Morgan fingerprint density at radius 2 is 1.26 bits per heavy atom. The molecule has 2 aromatic rings. The molecule has 0 aliphatic carbocycles. The van der Waals surface area contributed by atoms with Gasteiger partial charge in [0.15, 0.2) is 0 Å². The summed E-state index contributed by atoms with van der Waals surface area (Å²) in [5.74, 6) is 0. The molecule has 0 aliphatic heterocycles. The van der Waals surface area contributed by atoms with E-state index in [1.54, 1.807) is 7.11 Å². The molecule has 0 aromatic heterocycles. The van der Waals surface area contributed by atoms with Gasteiger partial charge in [-0.2, -0.15) is 0 Å². The van der Waals surface area contributed by atoms with Crippen molar-refractivity contribution in [2.45, 2.75) is 6.10 Å². The Morgan fingerprint density at radius 3 is 1.63 bits per heavy atom. The Morgan fingerprint density at radius 1 is 0.842 bits per heavy atom. The molecular weight excluding hydrogens is 232 g/mol. The van der Waals surface area contributed by atoms with Gasteiger partial charge in [0.1, 0.15) is 6.10 Å². The van der Waals surface area contributed by atoms with Crippen LogP contribution in [0.2, 0.25) is 0 Å². The summed E-state index contributed by atoms with van der Waals surface area (Å²) < 4.78 is 5.71. The van der Waals surface area contributed by atoms with Crippen LogP contribution in [0, 0.1) is 0 Å².